The molecule has 0 spiro atoms. The van der Waals surface area contributed by atoms with Gasteiger partial charge in [0.2, 0.25) is 0 Å². The summed E-state index contributed by atoms with van der Waals surface area (Å²) in [6, 6.07) is 13.4. The summed E-state index contributed by atoms with van der Waals surface area (Å²) in [6.07, 6.45) is 3.52. The summed E-state index contributed by atoms with van der Waals surface area (Å²) in [7, 11) is 0. The molecule has 0 aliphatic carbocycles. The highest BCUT2D eigenvalue weighted by atomic mass is 16.2. The van der Waals surface area contributed by atoms with Gasteiger partial charge in [0.05, 0.1) is 0 Å². The van der Waals surface area contributed by atoms with Crippen LogP contribution >= 0.6 is 0 Å². The Morgan fingerprint density at radius 3 is 2.50 bits per heavy atom. The van der Waals surface area contributed by atoms with Gasteiger partial charge >= 0.3 is 0 Å². The Morgan fingerprint density at radius 2 is 1.92 bits per heavy atom. The molecule has 0 atom stereocenters. The first-order valence-corrected chi connectivity index (χ1v) is 7.86. The molecule has 0 bridgehead atoms. The van der Waals surface area contributed by atoms with Gasteiger partial charge in [-0.05, 0) is 31.5 Å². The number of aryl methyl sites for hydroxylation is 1. The van der Waals surface area contributed by atoms with Crippen LogP contribution in [0, 0.1) is 6.92 Å². The molecule has 6 heteroatoms. The lowest BCUT2D eigenvalue weighted by atomic mass is 10.2. The number of rotatable bonds is 5. The van der Waals surface area contributed by atoms with Crippen molar-refractivity contribution in [1.82, 2.24) is 24.6 Å². The SMILES string of the molecule is CCN(Cc1ccccc1)C(=O)c1ccc(-n2ccnc2C)nn1. The number of amides is 1. The average molecular weight is 321 g/mol. The first-order chi connectivity index (χ1) is 11.7. The van der Waals surface area contributed by atoms with Crippen molar-refractivity contribution >= 4 is 5.91 Å². The molecule has 6 nitrogen and oxygen atoms in total. The highest BCUT2D eigenvalue weighted by Gasteiger charge is 2.17. The number of nitrogens with zero attached hydrogens (tertiary/aromatic N) is 5. The van der Waals surface area contributed by atoms with Crippen LogP contribution in [0.5, 0.6) is 0 Å². The van der Waals surface area contributed by atoms with E-state index in [4.69, 9.17) is 0 Å². The zero-order chi connectivity index (χ0) is 16.9. The van der Waals surface area contributed by atoms with Crippen molar-refractivity contribution in [2.75, 3.05) is 6.54 Å². The van der Waals surface area contributed by atoms with Gasteiger partial charge in [-0.3, -0.25) is 9.36 Å². The van der Waals surface area contributed by atoms with Gasteiger partial charge in [-0.15, -0.1) is 10.2 Å². The molecule has 122 valence electrons. The van der Waals surface area contributed by atoms with Crippen molar-refractivity contribution in [2.45, 2.75) is 20.4 Å². The number of hydrogen-bond donors (Lipinski definition) is 0. The van der Waals surface area contributed by atoms with Crippen LogP contribution in [0.4, 0.5) is 0 Å². The highest BCUT2D eigenvalue weighted by molar-refractivity contribution is 5.92. The zero-order valence-electron chi connectivity index (χ0n) is 13.8. The second-order valence-corrected chi connectivity index (χ2v) is 5.43. The van der Waals surface area contributed by atoms with Crippen LogP contribution < -0.4 is 0 Å². The van der Waals surface area contributed by atoms with E-state index in [0.29, 0.717) is 24.6 Å². The average Bonchev–Trinajstić information content (AvgIpc) is 3.06. The lowest BCUT2D eigenvalue weighted by Crippen LogP contribution is -2.31. The monoisotopic (exact) mass is 321 g/mol. The molecular formula is C18H19N5O. The standard InChI is InChI=1S/C18H19N5O/c1-3-22(13-15-7-5-4-6-8-15)18(24)16-9-10-17(21-20-16)23-12-11-19-14(23)2/h4-12H,3,13H2,1-2H3. The van der Waals surface area contributed by atoms with Crippen LogP contribution in [0.2, 0.25) is 0 Å². The summed E-state index contributed by atoms with van der Waals surface area (Å²) < 4.78 is 1.82. The van der Waals surface area contributed by atoms with Gasteiger partial charge in [0, 0.05) is 25.5 Å². The molecule has 0 aliphatic heterocycles. The Kier molecular flexibility index (Phi) is 4.65. The molecule has 0 N–H and O–H groups in total. The zero-order valence-corrected chi connectivity index (χ0v) is 13.8. The number of carbonyl (C=O) groups is 1. The number of hydrogen-bond acceptors (Lipinski definition) is 4. The molecule has 0 saturated heterocycles. The maximum Gasteiger partial charge on any atom is 0.274 e. The fraction of sp³-hybridized carbons (Fsp3) is 0.222. The minimum absolute atomic E-state index is 0.122. The molecule has 0 saturated carbocycles. The first-order valence-electron chi connectivity index (χ1n) is 7.86. The smallest absolute Gasteiger partial charge is 0.274 e. The van der Waals surface area contributed by atoms with Crippen LogP contribution in [0.25, 0.3) is 5.82 Å². The Bertz CT molecular complexity index is 811. The summed E-state index contributed by atoms with van der Waals surface area (Å²) in [5, 5.41) is 8.25. The van der Waals surface area contributed by atoms with E-state index in [1.54, 1.807) is 23.2 Å². The summed E-state index contributed by atoms with van der Waals surface area (Å²) >= 11 is 0. The van der Waals surface area contributed by atoms with E-state index in [0.717, 1.165) is 11.4 Å². The van der Waals surface area contributed by atoms with Gasteiger partial charge in [0.25, 0.3) is 5.91 Å². The van der Waals surface area contributed by atoms with Crippen LogP contribution in [0.1, 0.15) is 28.8 Å². The van der Waals surface area contributed by atoms with Crippen molar-refractivity contribution in [2.24, 2.45) is 0 Å². The molecule has 0 fully saturated rings. The molecule has 2 aromatic heterocycles. The maximum absolute atomic E-state index is 12.6. The lowest BCUT2D eigenvalue weighted by molar-refractivity contribution is 0.0745. The van der Waals surface area contributed by atoms with Crippen LogP contribution in [-0.4, -0.2) is 37.1 Å². The predicted octanol–water partition coefficient (Wildman–Crippen LogP) is 2.63. The third-order valence-corrected chi connectivity index (χ3v) is 3.83. The molecule has 1 aromatic carbocycles. The Morgan fingerprint density at radius 1 is 1.12 bits per heavy atom. The molecule has 0 aliphatic rings. The number of carbonyl (C=O) groups excluding carboxylic acids is 1. The van der Waals surface area contributed by atoms with E-state index in [1.165, 1.54) is 0 Å². The van der Waals surface area contributed by atoms with Crippen molar-refractivity contribution in [3.05, 3.63) is 71.9 Å². The third kappa shape index (κ3) is 3.32. The molecule has 2 heterocycles. The molecular weight excluding hydrogens is 302 g/mol. The predicted molar refractivity (Wildman–Crippen MR) is 90.7 cm³/mol. The summed E-state index contributed by atoms with van der Waals surface area (Å²) in [4.78, 5) is 18.6. The van der Waals surface area contributed by atoms with Crippen molar-refractivity contribution in [1.29, 1.82) is 0 Å². The number of aromatic nitrogens is 4. The molecule has 24 heavy (non-hydrogen) atoms. The fourth-order valence-corrected chi connectivity index (χ4v) is 2.48. The van der Waals surface area contributed by atoms with Gasteiger partial charge in [-0.25, -0.2) is 4.98 Å². The maximum atomic E-state index is 12.6. The fourth-order valence-electron chi connectivity index (χ4n) is 2.48. The molecule has 3 rings (SSSR count). The number of benzene rings is 1. The van der Waals surface area contributed by atoms with Gasteiger partial charge in [0.15, 0.2) is 11.5 Å². The second-order valence-electron chi connectivity index (χ2n) is 5.43. The topological polar surface area (TPSA) is 63.9 Å². The highest BCUT2D eigenvalue weighted by Crippen LogP contribution is 2.10. The van der Waals surface area contributed by atoms with Crippen molar-refractivity contribution in [3.8, 4) is 5.82 Å². The number of imidazole rings is 1. The van der Waals surface area contributed by atoms with Crippen molar-refractivity contribution in [3.63, 3.8) is 0 Å². The normalized spacial score (nSPS) is 10.6. The van der Waals surface area contributed by atoms with Crippen LogP contribution in [0.15, 0.2) is 54.9 Å². The van der Waals surface area contributed by atoms with Gasteiger partial charge < -0.3 is 4.90 Å². The van der Waals surface area contributed by atoms with E-state index in [2.05, 4.69) is 15.2 Å². The van der Waals surface area contributed by atoms with E-state index in [1.807, 2.05) is 54.9 Å². The van der Waals surface area contributed by atoms with Crippen molar-refractivity contribution < 1.29 is 4.79 Å². The summed E-state index contributed by atoms with van der Waals surface area (Å²) in [6.45, 7) is 5.01. The van der Waals surface area contributed by atoms with Gasteiger partial charge in [-0.1, -0.05) is 30.3 Å². The second kappa shape index (κ2) is 7.04. The van der Waals surface area contributed by atoms with Crippen LogP contribution in [-0.2, 0) is 6.54 Å². The summed E-state index contributed by atoms with van der Waals surface area (Å²) in [5.41, 5.74) is 1.43. The van der Waals surface area contributed by atoms with Gasteiger partial charge in [-0.2, -0.15) is 0 Å². The molecule has 0 radical (unpaired) electrons. The Balaban J connectivity index is 1.77. The van der Waals surface area contributed by atoms with E-state index in [-0.39, 0.29) is 5.91 Å². The van der Waals surface area contributed by atoms with E-state index >= 15 is 0 Å². The van der Waals surface area contributed by atoms with E-state index in [9.17, 15) is 4.79 Å². The van der Waals surface area contributed by atoms with E-state index < -0.39 is 0 Å². The molecule has 0 unspecified atom stereocenters. The Labute approximate surface area is 140 Å². The minimum atomic E-state index is -0.122. The minimum Gasteiger partial charge on any atom is -0.333 e. The third-order valence-electron chi connectivity index (χ3n) is 3.83. The summed E-state index contributed by atoms with van der Waals surface area (Å²) in [5.74, 6) is 1.35. The lowest BCUT2D eigenvalue weighted by Gasteiger charge is -2.20. The molecule has 1 amide bonds. The Hall–Kier alpha value is -3.02. The molecule has 3 aromatic rings. The first kappa shape index (κ1) is 15.9. The quantitative estimate of drug-likeness (QED) is 0.724. The largest absolute Gasteiger partial charge is 0.333 e. The van der Waals surface area contributed by atoms with Gasteiger partial charge in [0.1, 0.15) is 5.82 Å². The van der Waals surface area contributed by atoms with Crippen LogP contribution in [0.3, 0.4) is 0 Å².